The molecule has 0 amide bonds. The van der Waals surface area contributed by atoms with Crippen molar-refractivity contribution in [3.05, 3.63) is 64.5 Å². The molecule has 3 saturated heterocycles. The van der Waals surface area contributed by atoms with Crippen LogP contribution in [0.5, 0.6) is 0 Å². The molecule has 7 aliphatic rings. The number of H-pyrrole nitrogens is 1. The van der Waals surface area contributed by atoms with E-state index in [9.17, 15) is 19.5 Å². The molecule has 346 valence electrons. The molecule has 1 aromatic carbocycles. The minimum absolute atomic E-state index is 0.0174. The first-order chi connectivity index (χ1) is 30.7. The largest absolute Gasteiger partial charge is 0.469 e. The Morgan fingerprint density at radius 1 is 0.984 bits per heavy atom. The summed E-state index contributed by atoms with van der Waals surface area (Å²) in [5.74, 6) is -2.33. The Bertz CT molecular complexity index is 2320. The number of rotatable bonds is 11. The van der Waals surface area contributed by atoms with E-state index in [0.717, 1.165) is 83.8 Å². The number of aliphatic hydroxyl groups is 1. The lowest BCUT2D eigenvalue weighted by molar-refractivity contribution is -0.238. The number of likely N-dealkylation sites (tertiary alicyclic amines) is 1. The Morgan fingerprint density at radius 3 is 2.45 bits per heavy atom. The second-order valence-corrected chi connectivity index (χ2v) is 20.3. The predicted molar refractivity (Wildman–Crippen MR) is 240 cm³/mol. The van der Waals surface area contributed by atoms with E-state index in [-0.39, 0.29) is 35.7 Å². The van der Waals surface area contributed by atoms with Crippen molar-refractivity contribution in [2.24, 2.45) is 29.1 Å². The highest BCUT2D eigenvalue weighted by atomic mass is 32.2. The quantitative estimate of drug-likeness (QED) is 0.132. The topological polar surface area (TPSA) is 160 Å². The van der Waals surface area contributed by atoms with Gasteiger partial charge < -0.3 is 38.7 Å². The van der Waals surface area contributed by atoms with Crippen LogP contribution in [-0.4, -0.2) is 146 Å². The first-order valence-electron chi connectivity index (χ1n) is 23.0. The van der Waals surface area contributed by atoms with E-state index in [2.05, 4.69) is 65.1 Å². The minimum Gasteiger partial charge on any atom is -0.469 e. The number of esters is 4. The van der Waals surface area contributed by atoms with Gasteiger partial charge in [-0.25, -0.2) is 4.79 Å². The molecule has 4 fully saturated rings. The summed E-state index contributed by atoms with van der Waals surface area (Å²) in [6, 6.07) is 5.24. The SMILES string of the molecule is CCC1=C[C@H]2CN(C1)Cc1c([nH]c3ccc(SCCC(=O)OC)cc13)[C@@](C(=O)OC)(C1C=C3C(=CC1OC)N(C)[C@H]1[C@@](O)(C(=O)OC)[C@H](OC(C)=O)C4[C@@H](CC)CCN5CC[C@]31[C@H]45)C2. The Kier molecular flexibility index (Phi) is 11.9. The maximum atomic E-state index is 15.5. The third-order valence-electron chi connectivity index (χ3n) is 16.3. The van der Waals surface area contributed by atoms with Crippen molar-refractivity contribution in [2.45, 2.75) is 106 Å². The predicted octanol–water partition coefficient (Wildman–Crippen LogP) is 5.13. The van der Waals surface area contributed by atoms with Crippen molar-refractivity contribution in [3.8, 4) is 0 Å². The Hall–Kier alpha value is -4.15. The molecule has 1 saturated carbocycles. The second kappa shape index (κ2) is 16.9. The van der Waals surface area contributed by atoms with Gasteiger partial charge in [-0.2, -0.15) is 0 Å². The molecule has 2 aromatic rings. The number of ether oxygens (including phenoxy) is 5. The third kappa shape index (κ3) is 6.56. The molecule has 64 heavy (non-hydrogen) atoms. The van der Waals surface area contributed by atoms with Crippen molar-refractivity contribution < 1.29 is 48.0 Å². The molecule has 4 unspecified atom stereocenters. The average molecular weight is 901 g/mol. The molecule has 9 rings (SSSR count). The fourth-order valence-corrected chi connectivity index (χ4v) is 14.8. The molecule has 2 bridgehead atoms. The number of fused-ring (bicyclic) bond motifs is 6. The van der Waals surface area contributed by atoms with Crippen LogP contribution in [0.25, 0.3) is 10.9 Å². The molecule has 6 heterocycles. The van der Waals surface area contributed by atoms with Gasteiger partial charge in [0.1, 0.15) is 11.5 Å². The number of carbonyl (C=O) groups is 4. The summed E-state index contributed by atoms with van der Waals surface area (Å²) in [5, 5.41) is 14.4. The van der Waals surface area contributed by atoms with Crippen molar-refractivity contribution in [2.75, 3.05) is 67.4 Å². The molecule has 5 aliphatic heterocycles. The van der Waals surface area contributed by atoms with Gasteiger partial charge in [-0.15, -0.1) is 11.8 Å². The van der Waals surface area contributed by atoms with E-state index in [1.807, 2.05) is 11.9 Å². The monoisotopic (exact) mass is 900 g/mol. The lowest BCUT2D eigenvalue weighted by atomic mass is 9.50. The number of likely N-dealkylation sites (N-methyl/N-ethyl adjacent to an activating group) is 1. The lowest BCUT2D eigenvalue weighted by Gasteiger charge is -2.61. The Morgan fingerprint density at radius 2 is 1.77 bits per heavy atom. The van der Waals surface area contributed by atoms with Gasteiger partial charge in [0.2, 0.25) is 5.60 Å². The zero-order chi connectivity index (χ0) is 45.5. The number of hydrogen-bond acceptors (Lipinski definition) is 14. The number of benzene rings is 1. The van der Waals surface area contributed by atoms with Gasteiger partial charge in [-0.1, -0.05) is 38.0 Å². The Labute approximate surface area is 380 Å². The summed E-state index contributed by atoms with van der Waals surface area (Å²) < 4.78 is 29.1. The van der Waals surface area contributed by atoms with Crippen molar-refractivity contribution in [3.63, 3.8) is 0 Å². The molecular weight excluding hydrogens is 837 g/mol. The molecule has 12 atom stereocenters. The lowest BCUT2D eigenvalue weighted by Crippen LogP contribution is -2.77. The first-order valence-corrected chi connectivity index (χ1v) is 24.0. The highest BCUT2D eigenvalue weighted by Gasteiger charge is 2.79. The number of aromatic amines is 1. The molecule has 15 heteroatoms. The molecule has 2 N–H and O–H groups in total. The molecule has 0 radical (unpaired) electrons. The number of methoxy groups -OCH3 is 4. The van der Waals surface area contributed by atoms with Crippen molar-refractivity contribution in [1.82, 2.24) is 19.7 Å². The van der Waals surface area contributed by atoms with E-state index in [4.69, 9.17) is 23.7 Å². The average Bonchev–Trinajstić information content (AvgIpc) is 3.94. The van der Waals surface area contributed by atoms with Crippen LogP contribution in [0.1, 0.15) is 70.6 Å². The molecular formula is C49H64N4O10S. The maximum Gasteiger partial charge on any atom is 0.344 e. The van der Waals surface area contributed by atoms with Crippen molar-refractivity contribution in [1.29, 1.82) is 0 Å². The zero-order valence-corrected chi connectivity index (χ0v) is 39.3. The van der Waals surface area contributed by atoms with Crippen LogP contribution in [0.15, 0.2) is 58.2 Å². The highest BCUT2D eigenvalue weighted by Crippen LogP contribution is 2.68. The van der Waals surface area contributed by atoms with Crippen LogP contribution < -0.4 is 0 Å². The number of carbonyl (C=O) groups excluding carboxylic acids is 4. The van der Waals surface area contributed by atoms with Crippen LogP contribution in [-0.2, 0) is 54.8 Å². The highest BCUT2D eigenvalue weighted by molar-refractivity contribution is 7.99. The molecule has 1 spiro atoms. The van der Waals surface area contributed by atoms with Gasteiger partial charge in [0, 0.05) is 97.0 Å². The van der Waals surface area contributed by atoms with E-state index in [0.29, 0.717) is 31.6 Å². The summed E-state index contributed by atoms with van der Waals surface area (Å²) in [4.78, 5) is 66.7. The van der Waals surface area contributed by atoms with Crippen LogP contribution in [0, 0.1) is 29.1 Å². The van der Waals surface area contributed by atoms with Gasteiger partial charge in [-0.05, 0) is 86.0 Å². The Balaban J connectivity index is 1.28. The third-order valence-corrected chi connectivity index (χ3v) is 17.3. The van der Waals surface area contributed by atoms with Gasteiger partial charge in [0.05, 0.1) is 39.9 Å². The number of aromatic nitrogens is 1. The summed E-state index contributed by atoms with van der Waals surface area (Å²) >= 11 is 1.60. The van der Waals surface area contributed by atoms with Crippen LogP contribution >= 0.6 is 11.8 Å². The van der Waals surface area contributed by atoms with E-state index >= 15 is 4.79 Å². The van der Waals surface area contributed by atoms with Crippen LogP contribution in [0.2, 0.25) is 0 Å². The number of piperidine rings is 1. The number of hydrogen-bond donors (Lipinski definition) is 2. The van der Waals surface area contributed by atoms with Crippen LogP contribution in [0.4, 0.5) is 0 Å². The maximum absolute atomic E-state index is 15.5. The second-order valence-electron chi connectivity index (χ2n) is 19.2. The first kappa shape index (κ1) is 45.0. The number of nitrogens with zero attached hydrogens (tertiary/aromatic N) is 3. The van der Waals surface area contributed by atoms with Gasteiger partial charge in [-0.3, -0.25) is 24.2 Å². The normalized spacial score (nSPS) is 36.2. The van der Waals surface area contributed by atoms with Gasteiger partial charge in [0.15, 0.2) is 0 Å². The summed E-state index contributed by atoms with van der Waals surface area (Å²) in [6.07, 6.45) is 8.82. The van der Waals surface area contributed by atoms with Gasteiger partial charge >= 0.3 is 23.9 Å². The zero-order valence-electron chi connectivity index (χ0n) is 38.4. The summed E-state index contributed by atoms with van der Waals surface area (Å²) in [7, 11) is 7.73. The van der Waals surface area contributed by atoms with E-state index in [1.165, 1.54) is 33.8 Å². The van der Waals surface area contributed by atoms with Crippen molar-refractivity contribution >= 4 is 46.5 Å². The molecule has 14 nitrogen and oxygen atoms in total. The molecule has 1 aromatic heterocycles. The minimum atomic E-state index is -2.22. The molecule has 2 aliphatic carbocycles. The summed E-state index contributed by atoms with van der Waals surface area (Å²) in [6.45, 7) is 9.42. The standard InChI is InChI=1S/C49H64N4O10S/c1-9-28-19-29-23-48(45(56)61-7,41-33(26-52(24-28)25-29)32-20-31(11-12-36(32)50-41)64-18-14-39(55)60-6)35-21-34-37(22-38(35)59-5)51(4)44-47(34)15-17-53-16-13-30(10-2)40(42(47)53)43(63-27(3)54)49(44,58)46(57)62-8/h11-12,19-22,29-30,35,38,40,42-44,50,58H,9-10,13-18,23-26H2,1-8H3/t29-,30+,35?,38?,40?,42+,43-,44-,47-,48+,49-/m1/s1. The van der Waals surface area contributed by atoms with Crippen LogP contribution in [0.3, 0.4) is 0 Å². The number of thioether (sulfide) groups is 1. The number of allylic oxidation sites excluding steroid dienone is 1. The number of nitrogens with one attached hydrogen (secondary N) is 1. The fourth-order valence-electron chi connectivity index (χ4n) is 14.0. The summed E-state index contributed by atoms with van der Waals surface area (Å²) in [5.41, 5.74) is 1.54. The van der Waals surface area contributed by atoms with Gasteiger partial charge in [0.25, 0.3) is 0 Å². The van der Waals surface area contributed by atoms with E-state index in [1.54, 1.807) is 18.9 Å². The smallest absolute Gasteiger partial charge is 0.344 e. The fraction of sp³-hybridized carbons (Fsp3) is 0.633. The van der Waals surface area contributed by atoms with E-state index < -0.39 is 52.5 Å².